The van der Waals surface area contributed by atoms with E-state index in [2.05, 4.69) is 26.1 Å². The van der Waals surface area contributed by atoms with Gasteiger partial charge in [0.1, 0.15) is 12.2 Å². The van der Waals surface area contributed by atoms with Gasteiger partial charge in [-0.2, -0.15) is 0 Å². The molecule has 1 aromatic carbocycles. The maximum absolute atomic E-state index is 12.6. The van der Waals surface area contributed by atoms with Crippen LogP contribution in [-0.4, -0.2) is 23.6 Å². The predicted octanol–water partition coefficient (Wildman–Crippen LogP) is 4.81. The number of nitrogens with one attached hydrogen (secondary N) is 1. The standard InChI is InChI=1S/C21H24N2O3S/c1-5-16-10-17-19(27-16)11-18(21(25)26-4)23(17)12-20(24)22-15-8-6-14(7-9-15)13(2)3/h6-11,13H,5,12H2,1-4H3,(H,22,24). The maximum atomic E-state index is 12.6. The van der Waals surface area contributed by atoms with Crippen LogP contribution in [0.1, 0.15) is 47.6 Å². The van der Waals surface area contributed by atoms with Crippen molar-refractivity contribution in [1.82, 2.24) is 4.57 Å². The van der Waals surface area contributed by atoms with E-state index in [-0.39, 0.29) is 12.5 Å². The second kappa shape index (κ2) is 7.96. The van der Waals surface area contributed by atoms with Crippen LogP contribution in [0.3, 0.4) is 0 Å². The molecule has 6 heteroatoms. The van der Waals surface area contributed by atoms with Gasteiger partial charge in [-0.1, -0.05) is 32.9 Å². The summed E-state index contributed by atoms with van der Waals surface area (Å²) in [5.41, 5.74) is 3.25. The molecule has 2 heterocycles. The molecule has 0 aliphatic carbocycles. The minimum Gasteiger partial charge on any atom is -0.464 e. The summed E-state index contributed by atoms with van der Waals surface area (Å²) in [7, 11) is 1.35. The summed E-state index contributed by atoms with van der Waals surface area (Å²) in [6.45, 7) is 6.40. The summed E-state index contributed by atoms with van der Waals surface area (Å²) in [6.07, 6.45) is 0.918. The summed E-state index contributed by atoms with van der Waals surface area (Å²) < 4.78 is 7.60. The zero-order chi connectivity index (χ0) is 19.6. The topological polar surface area (TPSA) is 60.3 Å². The van der Waals surface area contributed by atoms with E-state index in [9.17, 15) is 9.59 Å². The molecule has 0 saturated heterocycles. The number of benzene rings is 1. The number of aromatic nitrogens is 1. The predicted molar refractivity (Wildman–Crippen MR) is 110 cm³/mol. The second-order valence-corrected chi connectivity index (χ2v) is 7.92. The molecule has 1 amide bonds. The number of fused-ring (bicyclic) bond motifs is 1. The van der Waals surface area contributed by atoms with Gasteiger partial charge in [-0.3, -0.25) is 4.79 Å². The van der Waals surface area contributed by atoms with Gasteiger partial charge in [0, 0.05) is 10.6 Å². The molecule has 142 valence electrons. The van der Waals surface area contributed by atoms with Gasteiger partial charge in [0.2, 0.25) is 5.91 Å². The second-order valence-electron chi connectivity index (χ2n) is 6.75. The first-order valence-electron chi connectivity index (χ1n) is 9.03. The van der Waals surface area contributed by atoms with Crippen LogP contribution in [0.25, 0.3) is 10.2 Å². The molecular weight excluding hydrogens is 360 g/mol. The molecule has 0 unspecified atom stereocenters. The number of amides is 1. The molecule has 0 spiro atoms. The lowest BCUT2D eigenvalue weighted by atomic mass is 10.0. The van der Waals surface area contributed by atoms with E-state index in [4.69, 9.17) is 4.74 Å². The van der Waals surface area contributed by atoms with Crippen molar-refractivity contribution in [2.45, 2.75) is 39.7 Å². The minimum atomic E-state index is -0.439. The fourth-order valence-corrected chi connectivity index (χ4v) is 4.05. The van der Waals surface area contributed by atoms with Crippen LogP contribution in [0.4, 0.5) is 5.69 Å². The van der Waals surface area contributed by atoms with Crippen LogP contribution in [-0.2, 0) is 22.5 Å². The minimum absolute atomic E-state index is 0.0553. The lowest BCUT2D eigenvalue weighted by Crippen LogP contribution is -2.21. The van der Waals surface area contributed by atoms with Gasteiger partial charge >= 0.3 is 5.97 Å². The number of rotatable bonds is 6. The van der Waals surface area contributed by atoms with Crippen LogP contribution < -0.4 is 5.32 Å². The van der Waals surface area contributed by atoms with E-state index in [1.165, 1.54) is 17.6 Å². The lowest BCUT2D eigenvalue weighted by Gasteiger charge is -2.11. The Balaban J connectivity index is 1.84. The van der Waals surface area contributed by atoms with Gasteiger partial charge in [0.05, 0.1) is 17.3 Å². The van der Waals surface area contributed by atoms with E-state index in [0.29, 0.717) is 11.6 Å². The van der Waals surface area contributed by atoms with Crippen LogP contribution in [0.5, 0.6) is 0 Å². The van der Waals surface area contributed by atoms with E-state index in [0.717, 1.165) is 22.3 Å². The summed E-state index contributed by atoms with van der Waals surface area (Å²) in [4.78, 5) is 25.9. The molecule has 0 radical (unpaired) electrons. The number of ether oxygens (including phenoxy) is 1. The molecule has 2 aromatic heterocycles. The molecule has 3 rings (SSSR count). The molecule has 5 nitrogen and oxygen atoms in total. The Labute approximate surface area is 163 Å². The Hall–Kier alpha value is -2.60. The first-order chi connectivity index (χ1) is 12.9. The third-order valence-electron chi connectivity index (χ3n) is 4.55. The number of carbonyl (C=O) groups is 2. The van der Waals surface area contributed by atoms with Crippen LogP contribution in [0.15, 0.2) is 36.4 Å². The Kier molecular flexibility index (Phi) is 5.65. The molecule has 0 atom stereocenters. The highest BCUT2D eigenvalue weighted by atomic mass is 32.1. The molecule has 0 aliphatic heterocycles. The molecule has 0 bridgehead atoms. The number of hydrogen-bond donors (Lipinski definition) is 1. The quantitative estimate of drug-likeness (QED) is 0.620. The molecule has 1 N–H and O–H groups in total. The van der Waals surface area contributed by atoms with Crippen molar-refractivity contribution in [3.8, 4) is 0 Å². The highest BCUT2D eigenvalue weighted by Gasteiger charge is 2.20. The number of anilines is 1. The Morgan fingerprint density at radius 1 is 1.19 bits per heavy atom. The molecule has 0 fully saturated rings. The summed E-state index contributed by atoms with van der Waals surface area (Å²) in [5.74, 6) is -0.179. The average Bonchev–Trinajstić information content (AvgIpc) is 3.20. The van der Waals surface area contributed by atoms with E-state index in [1.807, 2.05) is 30.3 Å². The van der Waals surface area contributed by atoms with Crippen molar-refractivity contribution < 1.29 is 14.3 Å². The number of esters is 1. The Morgan fingerprint density at radius 3 is 2.48 bits per heavy atom. The molecular formula is C21H24N2O3S. The fourth-order valence-electron chi connectivity index (χ4n) is 3.01. The number of methoxy groups -OCH3 is 1. The van der Waals surface area contributed by atoms with E-state index < -0.39 is 5.97 Å². The van der Waals surface area contributed by atoms with Crippen LogP contribution in [0, 0.1) is 0 Å². The number of carbonyl (C=O) groups excluding carboxylic acids is 2. The van der Waals surface area contributed by atoms with Gasteiger partial charge < -0.3 is 14.6 Å². The summed E-state index contributed by atoms with van der Waals surface area (Å²) in [5, 5.41) is 2.91. The highest BCUT2D eigenvalue weighted by Crippen LogP contribution is 2.30. The van der Waals surface area contributed by atoms with Crippen molar-refractivity contribution in [2.75, 3.05) is 12.4 Å². The molecule has 3 aromatic rings. The number of thiophene rings is 1. The smallest absolute Gasteiger partial charge is 0.354 e. The van der Waals surface area contributed by atoms with Crippen LogP contribution in [0.2, 0.25) is 0 Å². The lowest BCUT2D eigenvalue weighted by molar-refractivity contribution is -0.116. The first-order valence-corrected chi connectivity index (χ1v) is 9.84. The third kappa shape index (κ3) is 4.06. The summed E-state index contributed by atoms with van der Waals surface area (Å²) >= 11 is 1.64. The van der Waals surface area contributed by atoms with Gasteiger partial charge in [0.25, 0.3) is 0 Å². The molecule has 27 heavy (non-hydrogen) atoms. The van der Waals surface area contributed by atoms with Crippen molar-refractivity contribution in [1.29, 1.82) is 0 Å². The van der Waals surface area contributed by atoms with Gasteiger partial charge in [-0.15, -0.1) is 11.3 Å². The van der Waals surface area contributed by atoms with Gasteiger partial charge in [0.15, 0.2) is 0 Å². The van der Waals surface area contributed by atoms with Gasteiger partial charge in [-0.05, 0) is 42.2 Å². The molecule has 0 aliphatic rings. The largest absolute Gasteiger partial charge is 0.464 e. The number of hydrogen-bond acceptors (Lipinski definition) is 4. The monoisotopic (exact) mass is 384 g/mol. The normalized spacial score (nSPS) is 11.1. The van der Waals surface area contributed by atoms with E-state index in [1.54, 1.807) is 22.0 Å². The van der Waals surface area contributed by atoms with Crippen molar-refractivity contribution >= 4 is 39.1 Å². The number of aryl methyl sites for hydroxylation is 1. The third-order valence-corrected chi connectivity index (χ3v) is 5.76. The zero-order valence-corrected chi connectivity index (χ0v) is 16.9. The zero-order valence-electron chi connectivity index (χ0n) is 16.0. The fraction of sp³-hybridized carbons (Fsp3) is 0.333. The molecule has 0 saturated carbocycles. The average molecular weight is 385 g/mol. The number of nitrogens with zero attached hydrogens (tertiary/aromatic N) is 1. The van der Waals surface area contributed by atoms with Crippen molar-refractivity contribution in [3.63, 3.8) is 0 Å². The van der Waals surface area contributed by atoms with Crippen molar-refractivity contribution in [3.05, 3.63) is 52.5 Å². The van der Waals surface area contributed by atoms with Crippen LogP contribution >= 0.6 is 11.3 Å². The first kappa shape index (κ1) is 19.2. The highest BCUT2D eigenvalue weighted by molar-refractivity contribution is 7.19. The maximum Gasteiger partial charge on any atom is 0.354 e. The van der Waals surface area contributed by atoms with Gasteiger partial charge in [-0.25, -0.2) is 4.79 Å². The van der Waals surface area contributed by atoms with Crippen molar-refractivity contribution in [2.24, 2.45) is 0 Å². The Morgan fingerprint density at radius 2 is 1.89 bits per heavy atom. The Bertz CT molecular complexity index is 967. The van der Waals surface area contributed by atoms with E-state index >= 15 is 0 Å². The summed E-state index contributed by atoms with van der Waals surface area (Å²) in [6, 6.07) is 11.7. The SMILES string of the molecule is CCc1cc2c(cc(C(=O)OC)n2CC(=O)Nc2ccc(C(C)C)cc2)s1.